The molecular formula is C35H51N5O5. The minimum atomic E-state index is -0.668. The third-order valence-electron chi connectivity index (χ3n) is 9.31. The molecule has 10 nitrogen and oxygen atoms in total. The zero-order chi connectivity index (χ0) is 31.8. The quantitative estimate of drug-likeness (QED) is 0.207. The van der Waals surface area contributed by atoms with Gasteiger partial charge in [0.15, 0.2) is 11.6 Å². The van der Waals surface area contributed by atoms with Gasteiger partial charge in [0, 0.05) is 32.2 Å². The van der Waals surface area contributed by atoms with Gasteiger partial charge in [-0.3, -0.25) is 14.0 Å². The fraction of sp³-hybridized carbons (Fsp3) is 0.657. The van der Waals surface area contributed by atoms with Crippen molar-refractivity contribution in [3.63, 3.8) is 0 Å². The molecule has 0 radical (unpaired) electrons. The average molecular weight is 622 g/mol. The van der Waals surface area contributed by atoms with Gasteiger partial charge >= 0.3 is 5.97 Å². The molecule has 0 saturated heterocycles. The second-order valence-corrected chi connectivity index (χ2v) is 12.6. The molecular weight excluding hydrogens is 570 g/mol. The maximum absolute atomic E-state index is 13.5. The summed E-state index contributed by atoms with van der Waals surface area (Å²) in [7, 11) is 1.79. The smallest absolute Gasteiger partial charge is 0.354 e. The Morgan fingerprint density at radius 2 is 1.64 bits per heavy atom. The van der Waals surface area contributed by atoms with E-state index in [9.17, 15) is 9.59 Å². The maximum Gasteiger partial charge on any atom is 0.354 e. The SMILES string of the molecule is CCCc1nn(C)c2c(=O)n(CCOc3ccc(CC(OCC)C(=O)ON(C4CCCCC4)C4CCCCC4)cc3)c(C)nc12. The Kier molecular flexibility index (Phi) is 11.7. The lowest BCUT2D eigenvalue weighted by molar-refractivity contribution is -0.232. The lowest BCUT2D eigenvalue weighted by Crippen LogP contribution is -2.48. The largest absolute Gasteiger partial charge is 0.492 e. The molecule has 2 aliphatic rings. The molecule has 5 rings (SSSR count). The molecule has 1 atom stereocenters. The van der Waals surface area contributed by atoms with Gasteiger partial charge < -0.3 is 14.3 Å². The van der Waals surface area contributed by atoms with Crippen LogP contribution in [0.25, 0.3) is 11.0 Å². The van der Waals surface area contributed by atoms with Gasteiger partial charge in [-0.25, -0.2) is 9.78 Å². The Hall–Kier alpha value is -3.24. The number of nitrogens with zero attached hydrogens (tertiary/aromatic N) is 5. The second-order valence-electron chi connectivity index (χ2n) is 12.6. The number of benzene rings is 1. The molecule has 2 fully saturated rings. The number of aryl methyl sites for hydroxylation is 3. The summed E-state index contributed by atoms with van der Waals surface area (Å²) < 4.78 is 15.2. The fourth-order valence-electron chi connectivity index (χ4n) is 6.97. The molecule has 2 aliphatic carbocycles. The minimum absolute atomic E-state index is 0.104. The van der Waals surface area contributed by atoms with E-state index < -0.39 is 6.10 Å². The Bertz CT molecular complexity index is 1440. The molecule has 2 heterocycles. The van der Waals surface area contributed by atoms with E-state index in [1.807, 2.05) is 38.1 Å². The Balaban J connectivity index is 1.19. The first kappa shape index (κ1) is 33.1. The first-order valence-electron chi connectivity index (χ1n) is 17.2. The van der Waals surface area contributed by atoms with Crippen LogP contribution in [0.1, 0.15) is 102 Å². The van der Waals surface area contributed by atoms with Gasteiger partial charge in [-0.05, 0) is 63.6 Å². The molecule has 10 heteroatoms. The summed E-state index contributed by atoms with van der Waals surface area (Å²) in [5.74, 6) is 1.05. The van der Waals surface area contributed by atoms with E-state index in [-0.39, 0.29) is 11.5 Å². The van der Waals surface area contributed by atoms with Crippen LogP contribution in [-0.2, 0) is 40.8 Å². The first-order chi connectivity index (χ1) is 21.9. The third-order valence-corrected chi connectivity index (χ3v) is 9.31. The fourth-order valence-corrected chi connectivity index (χ4v) is 6.97. The van der Waals surface area contributed by atoms with E-state index in [2.05, 4.69) is 17.1 Å². The van der Waals surface area contributed by atoms with Crippen molar-refractivity contribution in [2.24, 2.45) is 7.05 Å². The summed E-state index contributed by atoms with van der Waals surface area (Å²) in [6.45, 7) is 6.98. The zero-order valence-corrected chi connectivity index (χ0v) is 27.6. The van der Waals surface area contributed by atoms with Crippen molar-refractivity contribution in [3.05, 3.63) is 51.7 Å². The molecule has 0 spiro atoms. The zero-order valence-electron chi connectivity index (χ0n) is 27.6. The number of carbonyl (C=O) groups is 1. The maximum atomic E-state index is 13.5. The van der Waals surface area contributed by atoms with Crippen LogP contribution in [0.2, 0.25) is 0 Å². The van der Waals surface area contributed by atoms with Gasteiger partial charge in [-0.15, -0.1) is 5.06 Å². The Labute approximate surface area is 267 Å². The van der Waals surface area contributed by atoms with Crippen LogP contribution in [0.15, 0.2) is 29.1 Å². The van der Waals surface area contributed by atoms with Crippen LogP contribution in [0.4, 0.5) is 0 Å². The summed E-state index contributed by atoms with van der Waals surface area (Å²) in [4.78, 5) is 37.7. The van der Waals surface area contributed by atoms with Crippen LogP contribution in [0.5, 0.6) is 5.75 Å². The molecule has 1 aromatic carbocycles. The predicted octanol–water partition coefficient (Wildman–Crippen LogP) is 5.84. The van der Waals surface area contributed by atoms with Crippen molar-refractivity contribution in [2.45, 2.75) is 129 Å². The molecule has 246 valence electrons. The monoisotopic (exact) mass is 621 g/mol. The summed E-state index contributed by atoms with van der Waals surface area (Å²) >= 11 is 0. The van der Waals surface area contributed by atoms with Crippen molar-refractivity contribution < 1.29 is 19.1 Å². The predicted molar refractivity (Wildman–Crippen MR) is 174 cm³/mol. The van der Waals surface area contributed by atoms with E-state index >= 15 is 0 Å². The number of hydroxylamine groups is 2. The molecule has 0 bridgehead atoms. The van der Waals surface area contributed by atoms with Crippen molar-refractivity contribution in [1.29, 1.82) is 0 Å². The van der Waals surface area contributed by atoms with Crippen LogP contribution >= 0.6 is 0 Å². The average Bonchev–Trinajstić information content (AvgIpc) is 3.37. The van der Waals surface area contributed by atoms with Crippen molar-refractivity contribution in [1.82, 2.24) is 24.4 Å². The minimum Gasteiger partial charge on any atom is -0.492 e. The summed E-state index contributed by atoms with van der Waals surface area (Å²) in [6.07, 6.45) is 13.2. The summed E-state index contributed by atoms with van der Waals surface area (Å²) in [5.41, 5.74) is 2.95. The van der Waals surface area contributed by atoms with Gasteiger partial charge in [-0.2, -0.15) is 5.10 Å². The number of hydrogen-bond acceptors (Lipinski definition) is 8. The highest BCUT2D eigenvalue weighted by Crippen LogP contribution is 2.31. The van der Waals surface area contributed by atoms with E-state index in [4.69, 9.17) is 19.3 Å². The third kappa shape index (κ3) is 8.14. The highest BCUT2D eigenvalue weighted by molar-refractivity contribution is 5.76. The topological polar surface area (TPSA) is 101 Å². The van der Waals surface area contributed by atoms with Crippen molar-refractivity contribution >= 4 is 17.0 Å². The van der Waals surface area contributed by atoms with Gasteiger partial charge in [0.2, 0.25) is 0 Å². The number of ether oxygens (including phenoxy) is 2. The van der Waals surface area contributed by atoms with E-state index in [1.54, 1.807) is 16.3 Å². The van der Waals surface area contributed by atoms with Gasteiger partial charge in [0.05, 0.1) is 12.2 Å². The highest BCUT2D eigenvalue weighted by Gasteiger charge is 2.34. The number of fused-ring (bicyclic) bond motifs is 1. The number of aromatic nitrogens is 4. The molecule has 2 saturated carbocycles. The highest BCUT2D eigenvalue weighted by atomic mass is 16.7. The van der Waals surface area contributed by atoms with Gasteiger partial charge in [-0.1, -0.05) is 64.0 Å². The van der Waals surface area contributed by atoms with E-state index in [1.165, 1.54) is 38.5 Å². The summed E-state index contributed by atoms with van der Waals surface area (Å²) in [6, 6.07) is 8.34. The molecule has 2 aromatic heterocycles. The van der Waals surface area contributed by atoms with E-state index in [0.29, 0.717) is 60.9 Å². The van der Waals surface area contributed by atoms with Crippen LogP contribution in [-0.4, -0.2) is 61.8 Å². The molecule has 45 heavy (non-hydrogen) atoms. The number of hydrogen-bond donors (Lipinski definition) is 0. The lowest BCUT2D eigenvalue weighted by Gasteiger charge is -2.40. The summed E-state index contributed by atoms with van der Waals surface area (Å²) in [5, 5.41) is 6.60. The van der Waals surface area contributed by atoms with Crippen molar-refractivity contribution in [2.75, 3.05) is 13.2 Å². The van der Waals surface area contributed by atoms with Gasteiger partial charge in [0.1, 0.15) is 23.7 Å². The van der Waals surface area contributed by atoms with Crippen molar-refractivity contribution in [3.8, 4) is 5.75 Å². The normalized spacial score (nSPS) is 17.2. The lowest BCUT2D eigenvalue weighted by atomic mass is 9.90. The Morgan fingerprint density at radius 3 is 2.24 bits per heavy atom. The first-order valence-corrected chi connectivity index (χ1v) is 17.2. The molecule has 3 aromatic rings. The second kappa shape index (κ2) is 15.9. The van der Waals surface area contributed by atoms with E-state index in [0.717, 1.165) is 49.8 Å². The number of rotatable bonds is 14. The molecule has 0 amide bonds. The van der Waals surface area contributed by atoms with Crippen LogP contribution < -0.4 is 10.3 Å². The van der Waals surface area contributed by atoms with Crippen LogP contribution in [0.3, 0.4) is 0 Å². The molecule has 0 aliphatic heterocycles. The number of carbonyl (C=O) groups excluding carboxylic acids is 1. The molecule has 0 N–H and O–H groups in total. The van der Waals surface area contributed by atoms with Gasteiger partial charge in [0.25, 0.3) is 5.56 Å². The Morgan fingerprint density at radius 1 is 1.00 bits per heavy atom. The standard InChI is InChI=1S/C35H51N5O5/c1-5-13-30-32-33(38(4)37-30)34(41)39(25(3)36-32)22-23-44-29-20-18-26(19-21-29)24-31(43-6-2)35(42)45-40(27-14-9-7-10-15-27)28-16-11-8-12-17-28/h18-21,27-28,31H,5-17,22-24H2,1-4H3. The van der Waals surface area contributed by atoms with Crippen LogP contribution in [0, 0.1) is 6.92 Å². The molecule has 1 unspecified atom stereocenters.